The van der Waals surface area contributed by atoms with Crippen LogP contribution < -0.4 is 0 Å². The highest BCUT2D eigenvalue weighted by Crippen LogP contribution is 2.31. The summed E-state index contributed by atoms with van der Waals surface area (Å²) in [7, 11) is 0. The molecule has 4 heterocycles. The van der Waals surface area contributed by atoms with E-state index < -0.39 is 12.0 Å². The second-order valence-electron chi connectivity index (χ2n) is 8.90. The van der Waals surface area contributed by atoms with Crippen LogP contribution in [0.15, 0.2) is 42.6 Å². The molecular formula is C25H27FN4O3. The molecule has 172 valence electrons. The van der Waals surface area contributed by atoms with Gasteiger partial charge in [-0.15, -0.1) is 0 Å². The normalized spacial score (nSPS) is 18.9. The van der Waals surface area contributed by atoms with E-state index in [9.17, 15) is 19.1 Å². The number of amides is 1. The lowest BCUT2D eigenvalue weighted by Gasteiger charge is -2.35. The topological polar surface area (TPSA) is 78.7 Å². The molecule has 1 aromatic carbocycles. The number of pyridine rings is 1. The minimum Gasteiger partial charge on any atom is -0.480 e. The number of benzene rings is 1. The number of carbonyl (C=O) groups excluding carboxylic acids is 1. The maximum Gasteiger partial charge on any atom is 0.320 e. The largest absolute Gasteiger partial charge is 0.480 e. The quantitative estimate of drug-likeness (QED) is 0.647. The van der Waals surface area contributed by atoms with Gasteiger partial charge in [0.2, 0.25) is 5.91 Å². The summed E-state index contributed by atoms with van der Waals surface area (Å²) >= 11 is 0. The highest BCUT2D eigenvalue weighted by Gasteiger charge is 2.33. The number of carboxylic acid groups (broad SMARTS) is 1. The highest BCUT2D eigenvalue weighted by atomic mass is 19.1. The first-order valence-electron chi connectivity index (χ1n) is 11.5. The average Bonchev–Trinajstić information content (AvgIpc) is 3.12. The lowest BCUT2D eigenvalue weighted by atomic mass is 10.0. The van der Waals surface area contributed by atoms with Gasteiger partial charge in [-0.25, -0.2) is 9.37 Å². The van der Waals surface area contributed by atoms with Crippen LogP contribution in [0, 0.1) is 5.82 Å². The van der Waals surface area contributed by atoms with Crippen molar-refractivity contribution in [3.05, 3.63) is 65.2 Å². The lowest BCUT2D eigenvalue weighted by Crippen LogP contribution is -2.50. The number of halogens is 1. The van der Waals surface area contributed by atoms with Gasteiger partial charge in [0, 0.05) is 30.4 Å². The van der Waals surface area contributed by atoms with Crippen LogP contribution >= 0.6 is 0 Å². The number of hydrogen-bond acceptors (Lipinski definition) is 4. The Balaban J connectivity index is 1.42. The van der Waals surface area contributed by atoms with Crippen molar-refractivity contribution in [1.29, 1.82) is 0 Å². The Morgan fingerprint density at radius 2 is 2.03 bits per heavy atom. The van der Waals surface area contributed by atoms with E-state index in [0.29, 0.717) is 39.0 Å². The van der Waals surface area contributed by atoms with Crippen LogP contribution in [0.25, 0.3) is 11.0 Å². The van der Waals surface area contributed by atoms with Crippen LogP contribution in [0.3, 0.4) is 0 Å². The Morgan fingerprint density at radius 3 is 2.85 bits per heavy atom. The SMILES string of the molecule is O=C(O)C1CCCCN1CC(=O)N1CCc2c(n(Cc3cccc(F)c3)c3ncccc23)C1. The van der Waals surface area contributed by atoms with Crippen LogP contribution in [0.1, 0.15) is 36.1 Å². The molecule has 0 spiro atoms. The molecule has 0 saturated carbocycles. The molecule has 1 saturated heterocycles. The van der Waals surface area contributed by atoms with E-state index in [2.05, 4.69) is 9.55 Å². The van der Waals surface area contributed by atoms with Crippen molar-refractivity contribution in [1.82, 2.24) is 19.4 Å². The van der Waals surface area contributed by atoms with Gasteiger partial charge in [-0.1, -0.05) is 18.6 Å². The molecule has 1 fully saturated rings. The second-order valence-corrected chi connectivity index (χ2v) is 8.90. The Labute approximate surface area is 191 Å². The number of fused-ring (bicyclic) bond motifs is 3. The summed E-state index contributed by atoms with van der Waals surface area (Å²) in [4.78, 5) is 33.0. The first-order valence-corrected chi connectivity index (χ1v) is 11.5. The number of aromatic nitrogens is 2. The number of likely N-dealkylation sites (tertiary alicyclic amines) is 1. The summed E-state index contributed by atoms with van der Waals surface area (Å²) in [5.41, 5.74) is 3.87. The fraction of sp³-hybridized carbons (Fsp3) is 0.400. The van der Waals surface area contributed by atoms with E-state index in [4.69, 9.17) is 0 Å². The van der Waals surface area contributed by atoms with Crippen LogP contribution in [-0.4, -0.2) is 62.0 Å². The summed E-state index contributed by atoms with van der Waals surface area (Å²) in [6.07, 6.45) is 4.83. The number of nitrogens with zero attached hydrogens (tertiary/aromatic N) is 4. The summed E-state index contributed by atoms with van der Waals surface area (Å²) in [6, 6.07) is 9.90. The number of carbonyl (C=O) groups is 2. The smallest absolute Gasteiger partial charge is 0.320 e. The minimum absolute atomic E-state index is 0.0516. The van der Waals surface area contributed by atoms with Gasteiger partial charge in [0.25, 0.3) is 0 Å². The van der Waals surface area contributed by atoms with Gasteiger partial charge in [-0.2, -0.15) is 0 Å². The molecule has 33 heavy (non-hydrogen) atoms. The van der Waals surface area contributed by atoms with E-state index in [0.717, 1.165) is 35.1 Å². The third-order valence-corrected chi connectivity index (χ3v) is 6.83. The maximum absolute atomic E-state index is 13.8. The first-order chi connectivity index (χ1) is 16.0. The first kappa shape index (κ1) is 21.6. The molecular weight excluding hydrogens is 423 g/mol. The number of carboxylic acids is 1. The molecule has 1 N–H and O–H groups in total. The fourth-order valence-electron chi connectivity index (χ4n) is 5.19. The molecule has 0 aliphatic carbocycles. The summed E-state index contributed by atoms with van der Waals surface area (Å²) in [6.45, 7) is 2.24. The minimum atomic E-state index is -0.857. The number of rotatable bonds is 5. The van der Waals surface area contributed by atoms with Crippen molar-refractivity contribution in [2.45, 2.75) is 44.8 Å². The van der Waals surface area contributed by atoms with E-state index in [1.165, 1.54) is 17.7 Å². The predicted molar refractivity (Wildman–Crippen MR) is 121 cm³/mol. The average molecular weight is 451 g/mol. The van der Waals surface area contributed by atoms with Crippen molar-refractivity contribution < 1.29 is 19.1 Å². The van der Waals surface area contributed by atoms with Crippen molar-refractivity contribution >= 4 is 22.9 Å². The van der Waals surface area contributed by atoms with Crippen molar-refractivity contribution in [2.75, 3.05) is 19.6 Å². The van der Waals surface area contributed by atoms with Crippen LogP contribution in [0.4, 0.5) is 4.39 Å². The molecule has 2 aliphatic heterocycles. The fourth-order valence-corrected chi connectivity index (χ4v) is 5.19. The van der Waals surface area contributed by atoms with Gasteiger partial charge in [-0.3, -0.25) is 14.5 Å². The molecule has 7 nitrogen and oxygen atoms in total. The third-order valence-electron chi connectivity index (χ3n) is 6.83. The molecule has 5 rings (SSSR count). The van der Waals surface area contributed by atoms with Gasteiger partial charge in [0.1, 0.15) is 17.5 Å². The molecule has 1 unspecified atom stereocenters. The van der Waals surface area contributed by atoms with Gasteiger partial charge in [0.05, 0.1) is 13.1 Å². The zero-order valence-corrected chi connectivity index (χ0v) is 18.4. The highest BCUT2D eigenvalue weighted by molar-refractivity contribution is 5.84. The van der Waals surface area contributed by atoms with E-state index in [1.807, 2.05) is 23.1 Å². The van der Waals surface area contributed by atoms with E-state index in [1.54, 1.807) is 17.2 Å². The molecule has 1 amide bonds. The zero-order valence-electron chi connectivity index (χ0n) is 18.4. The van der Waals surface area contributed by atoms with E-state index >= 15 is 0 Å². The molecule has 2 aliphatic rings. The van der Waals surface area contributed by atoms with Crippen LogP contribution in [0.5, 0.6) is 0 Å². The van der Waals surface area contributed by atoms with Crippen molar-refractivity contribution in [3.63, 3.8) is 0 Å². The predicted octanol–water partition coefficient (Wildman–Crippen LogP) is 3.05. The molecule has 0 bridgehead atoms. The summed E-state index contributed by atoms with van der Waals surface area (Å²) < 4.78 is 15.9. The van der Waals surface area contributed by atoms with Gasteiger partial charge >= 0.3 is 5.97 Å². The van der Waals surface area contributed by atoms with Gasteiger partial charge in [0.15, 0.2) is 0 Å². The van der Waals surface area contributed by atoms with Gasteiger partial charge in [-0.05, 0) is 61.2 Å². The Bertz CT molecular complexity index is 1210. The number of piperidine rings is 1. The summed E-state index contributed by atoms with van der Waals surface area (Å²) in [5.74, 6) is -1.19. The second kappa shape index (κ2) is 8.94. The Morgan fingerprint density at radius 1 is 1.15 bits per heavy atom. The van der Waals surface area contributed by atoms with E-state index in [-0.39, 0.29) is 18.3 Å². The molecule has 0 radical (unpaired) electrons. The Hall–Kier alpha value is -3.26. The third kappa shape index (κ3) is 4.23. The summed E-state index contributed by atoms with van der Waals surface area (Å²) in [5, 5.41) is 10.6. The number of hydrogen-bond donors (Lipinski definition) is 1. The van der Waals surface area contributed by atoms with Crippen molar-refractivity contribution in [3.8, 4) is 0 Å². The van der Waals surface area contributed by atoms with Crippen LogP contribution in [0.2, 0.25) is 0 Å². The zero-order chi connectivity index (χ0) is 22.9. The number of aliphatic carboxylic acids is 1. The van der Waals surface area contributed by atoms with Crippen molar-refractivity contribution in [2.24, 2.45) is 0 Å². The molecule has 1 atom stereocenters. The molecule has 8 heteroatoms. The molecule has 2 aromatic heterocycles. The Kier molecular flexibility index (Phi) is 5.85. The maximum atomic E-state index is 13.8. The monoisotopic (exact) mass is 450 g/mol. The lowest BCUT2D eigenvalue weighted by molar-refractivity contribution is -0.146. The van der Waals surface area contributed by atoms with Crippen LogP contribution in [-0.2, 0) is 29.1 Å². The van der Waals surface area contributed by atoms with Gasteiger partial charge < -0.3 is 14.6 Å². The standard InChI is InChI=1S/C25H27FN4O3/c26-18-6-3-5-17(13-18)14-30-22-15-29(12-9-19(22)20-7-4-10-27-24(20)30)23(31)16-28-11-2-1-8-21(28)25(32)33/h3-7,10,13,21H,1-2,8-9,11-12,14-16H2,(H,32,33). The molecule has 3 aromatic rings.